The second-order valence-corrected chi connectivity index (χ2v) is 7.53. The summed E-state index contributed by atoms with van der Waals surface area (Å²) >= 11 is 0. The molecule has 1 saturated heterocycles. The van der Waals surface area contributed by atoms with Crippen molar-refractivity contribution in [1.82, 2.24) is 15.5 Å². The first kappa shape index (κ1) is 20.1. The molecular weight excluding hydrogens is 350 g/mol. The lowest BCUT2D eigenvalue weighted by Gasteiger charge is -2.32. The standard InChI is InChI=1S/C23H29N3O2/c1-17(27)24-15-18-6-5-7-21(14-18)19-9-11-20(12-10-19)23(28)25-16-22-8-3-4-13-26(22)2/h5-7,9-12,14,22H,3-4,8,13,15-16H2,1-2H3,(H,24,27)(H,25,28). The molecule has 5 heteroatoms. The Morgan fingerprint density at radius 3 is 2.54 bits per heavy atom. The number of hydrogen-bond donors (Lipinski definition) is 2. The molecule has 2 N–H and O–H groups in total. The van der Waals surface area contributed by atoms with Gasteiger partial charge in [-0.05, 0) is 61.3 Å². The maximum atomic E-state index is 12.5. The van der Waals surface area contributed by atoms with Gasteiger partial charge in [0, 0.05) is 31.6 Å². The highest BCUT2D eigenvalue weighted by molar-refractivity contribution is 5.94. The van der Waals surface area contributed by atoms with Crippen molar-refractivity contribution in [2.24, 2.45) is 0 Å². The van der Waals surface area contributed by atoms with Gasteiger partial charge < -0.3 is 15.5 Å². The largest absolute Gasteiger partial charge is 0.352 e. The number of nitrogens with one attached hydrogen (secondary N) is 2. The fraction of sp³-hybridized carbons (Fsp3) is 0.391. The maximum absolute atomic E-state index is 12.5. The van der Waals surface area contributed by atoms with E-state index in [4.69, 9.17) is 0 Å². The fourth-order valence-corrected chi connectivity index (χ4v) is 3.62. The van der Waals surface area contributed by atoms with Gasteiger partial charge >= 0.3 is 0 Å². The molecule has 1 aliphatic heterocycles. The third kappa shape index (κ3) is 5.42. The third-order valence-corrected chi connectivity index (χ3v) is 5.37. The molecule has 1 unspecified atom stereocenters. The predicted octanol–water partition coefficient (Wildman–Crippen LogP) is 3.20. The van der Waals surface area contributed by atoms with Crippen LogP contribution in [-0.4, -0.2) is 42.9 Å². The molecule has 3 rings (SSSR count). The monoisotopic (exact) mass is 379 g/mol. The summed E-state index contributed by atoms with van der Waals surface area (Å²) in [5.41, 5.74) is 3.84. The summed E-state index contributed by atoms with van der Waals surface area (Å²) in [6.07, 6.45) is 3.62. The van der Waals surface area contributed by atoms with Crippen molar-refractivity contribution in [2.45, 2.75) is 38.8 Å². The van der Waals surface area contributed by atoms with E-state index in [-0.39, 0.29) is 11.8 Å². The lowest BCUT2D eigenvalue weighted by atomic mass is 10.0. The van der Waals surface area contributed by atoms with Crippen molar-refractivity contribution in [3.63, 3.8) is 0 Å². The summed E-state index contributed by atoms with van der Waals surface area (Å²) in [7, 11) is 2.13. The minimum atomic E-state index is -0.0415. The van der Waals surface area contributed by atoms with Crippen LogP contribution in [0.3, 0.4) is 0 Å². The van der Waals surface area contributed by atoms with Crippen LogP contribution >= 0.6 is 0 Å². The van der Waals surface area contributed by atoms with Gasteiger partial charge in [0.05, 0.1) is 0 Å². The average Bonchev–Trinajstić information content (AvgIpc) is 2.72. The van der Waals surface area contributed by atoms with Crippen LogP contribution in [-0.2, 0) is 11.3 Å². The minimum absolute atomic E-state index is 0.0232. The highest BCUT2D eigenvalue weighted by Gasteiger charge is 2.19. The summed E-state index contributed by atoms with van der Waals surface area (Å²) in [4.78, 5) is 25.9. The van der Waals surface area contributed by atoms with Crippen molar-refractivity contribution >= 4 is 11.8 Å². The zero-order valence-electron chi connectivity index (χ0n) is 16.7. The number of likely N-dealkylation sites (N-methyl/N-ethyl adjacent to an activating group) is 1. The number of benzene rings is 2. The van der Waals surface area contributed by atoms with E-state index in [1.54, 1.807) is 0 Å². The molecule has 1 fully saturated rings. The lowest BCUT2D eigenvalue weighted by molar-refractivity contribution is -0.119. The molecule has 0 saturated carbocycles. The molecule has 148 valence electrons. The zero-order valence-corrected chi connectivity index (χ0v) is 16.7. The molecule has 0 aliphatic carbocycles. The third-order valence-electron chi connectivity index (χ3n) is 5.37. The van der Waals surface area contributed by atoms with Gasteiger partial charge in [0.1, 0.15) is 0 Å². The second kappa shape index (κ2) is 9.51. The molecule has 0 radical (unpaired) electrons. The van der Waals surface area contributed by atoms with Crippen LogP contribution in [0.25, 0.3) is 11.1 Å². The number of piperidine rings is 1. The molecule has 1 aliphatic rings. The van der Waals surface area contributed by atoms with E-state index < -0.39 is 0 Å². The fourth-order valence-electron chi connectivity index (χ4n) is 3.62. The van der Waals surface area contributed by atoms with Crippen LogP contribution in [0.1, 0.15) is 42.1 Å². The number of carbonyl (C=O) groups excluding carboxylic acids is 2. The predicted molar refractivity (Wildman–Crippen MR) is 112 cm³/mol. The molecular formula is C23H29N3O2. The molecule has 28 heavy (non-hydrogen) atoms. The topological polar surface area (TPSA) is 61.4 Å². The van der Waals surface area contributed by atoms with Crippen molar-refractivity contribution in [1.29, 1.82) is 0 Å². The van der Waals surface area contributed by atoms with E-state index in [9.17, 15) is 9.59 Å². The van der Waals surface area contributed by atoms with Gasteiger partial charge in [-0.15, -0.1) is 0 Å². The van der Waals surface area contributed by atoms with Crippen LogP contribution < -0.4 is 10.6 Å². The van der Waals surface area contributed by atoms with Gasteiger partial charge in [0.15, 0.2) is 0 Å². The first-order chi connectivity index (χ1) is 13.5. The van der Waals surface area contributed by atoms with Crippen molar-refractivity contribution in [2.75, 3.05) is 20.1 Å². The van der Waals surface area contributed by atoms with Crippen LogP contribution in [0.15, 0.2) is 48.5 Å². The van der Waals surface area contributed by atoms with Crippen LogP contribution in [0.5, 0.6) is 0 Å². The number of rotatable bonds is 6. The Labute approximate surface area is 167 Å². The van der Waals surface area contributed by atoms with Crippen LogP contribution in [0.2, 0.25) is 0 Å². The Morgan fingerprint density at radius 2 is 1.82 bits per heavy atom. The Morgan fingerprint density at radius 1 is 1.04 bits per heavy atom. The molecule has 2 aromatic carbocycles. The number of likely N-dealkylation sites (tertiary alicyclic amines) is 1. The summed E-state index contributed by atoms with van der Waals surface area (Å²) in [6.45, 7) is 3.83. The molecule has 0 bridgehead atoms. The van der Waals surface area contributed by atoms with Gasteiger partial charge in [-0.3, -0.25) is 9.59 Å². The Bertz CT molecular complexity index is 817. The number of nitrogens with zero attached hydrogens (tertiary/aromatic N) is 1. The summed E-state index contributed by atoms with van der Waals surface area (Å²) in [5.74, 6) is -0.0647. The van der Waals surface area contributed by atoms with Crippen LogP contribution in [0, 0.1) is 0 Å². The summed E-state index contributed by atoms with van der Waals surface area (Å²) in [6, 6.07) is 16.2. The van der Waals surface area contributed by atoms with E-state index in [2.05, 4.69) is 28.6 Å². The van der Waals surface area contributed by atoms with Gasteiger partial charge in [-0.2, -0.15) is 0 Å². The molecule has 5 nitrogen and oxygen atoms in total. The zero-order chi connectivity index (χ0) is 19.9. The lowest BCUT2D eigenvalue weighted by Crippen LogP contribution is -2.44. The normalized spacial score (nSPS) is 17.1. The number of carbonyl (C=O) groups is 2. The minimum Gasteiger partial charge on any atom is -0.352 e. The Hall–Kier alpha value is -2.66. The molecule has 2 aromatic rings. The van der Waals surface area contributed by atoms with E-state index in [0.29, 0.717) is 24.7 Å². The average molecular weight is 380 g/mol. The Balaban J connectivity index is 1.60. The molecule has 0 spiro atoms. The first-order valence-corrected chi connectivity index (χ1v) is 9.95. The van der Waals surface area contributed by atoms with Gasteiger partial charge in [-0.25, -0.2) is 0 Å². The van der Waals surface area contributed by atoms with Crippen LogP contribution in [0.4, 0.5) is 0 Å². The van der Waals surface area contributed by atoms with E-state index in [1.807, 2.05) is 42.5 Å². The molecule has 2 amide bonds. The van der Waals surface area contributed by atoms with Gasteiger partial charge in [0.2, 0.25) is 5.91 Å². The highest BCUT2D eigenvalue weighted by Crippen LogP contribution is 2.21. The molecule has 0 aromatic heterocycles. The number of hydrogen-bond acceptors (Lipinski definition) is 3. The highest BCUT2D eigenvalue weighted by atomic mass is 16.2. The van der Waals surface area contributed by atoms with Gasteiger partial charge in [-0.1, -0.05) is 36.8 Å². The maximum Gasteiger partial charge on any atom is 0.251 e. The van der Waals surface area contributed by atoms with E-state index in [1.165, 1.54) is 19.8 Å². The molecule has 1 heterocycles. The first-order valence-electron chi connectivity index (χ1n) is 9.95. The van der Waals surface area contributed by atoms with Crippen molar-refractivity contribution in [3.05, 3.63) is 59.7 Å². The SMILES string of the molecule is CC(=O)NCc1cccc(-c2ccc(C(=O)NCC3CCCCN3C)cc2)c1. The van der Waals surface area contributed by atoms with E-state index >= 15 is 0 Å². The summed E-state index contributed by atoms with van der Waals surface area (Å²) < 4.78 is 0. The van der Waals surface area contributed by atoms with E-state index in [0.717, 1.165) is 29.7 Å². The Kier molecular flexibility index (Phi) is 6.82. The quantitative estimate of drug-likeness (QED) is 0.810. The van der Waals surface area contributed by atoms with Crippen molar-refractivity contribution < 1.29 is 9.59 Å². The molecule has 1 atom stereocenters. The van der Waals surface area contributed by atoms with Gasteiger partial charge in [0.25, 0.3) is 5.91 Å². The summed E-state index contributed by atoms with van der Waals surface area (Å²) in [5, 5.41) is 5.89. The van der Waals surface area contributed by atoms with Crippen molar-refractivity contribution in [3.8, 4) is 11.1 Å². The number of amides is 2. The second-order valence-electron chi connectivity index (χ2n) is 7.53. The smallest absolute Gasteiger partial charge is 0.251 e.